The van der Waals surface area contributed by atoms with Gasteiger partial charge in [-0.05, 0) is 66.2 Å². The third-order valence-corrected chi connectivity index (χ3v) is 12.3. The monoisotopic (exact) mass is 965 g/mol. The lowest BCUT2D eigenvalue weighted by Crippen LogP contribution is -2.02. The molecule has 1 aromatic heterocycles. The summed E-state index contributed by atoms with van der Waals surface area (Å²) < 4.78 is 137. The van der Waals surface area contributed by atoms with Crippen molar-refractivity contribution in [1.29, 1.82) is 0 Å². The molecule has 0 spiro atoms. The van der Waals surface area contributed by atoms with Gasteiger partial charge in [0.15, 0.2) is 28.2 Å². The van der Waals surface area contributed by atoms with E-state index < -0.39 is 138 Å². The predicted octanol–water partition coefficient (Wildman–Crippen LogP) is 7.13. The molecule has 0 atom stereocenters. The van der Waals surface area contributed by atoms with Crippen molar-refractivity contribution in [1.82, 2.24) is 9.97 Å². The van der Waals surface area contributed by atoms with Crippen LogP contribution in [0.1, 0.15) is 0 Å². The summed E-state index contributed by atoms with van der Waals surface area (Å²) >= 11 is 17.8. The number of aromatic hydroxyl groups is 4. The number of phenols is 4. The first-order valence-corrected chi connectivity index (χ1v) is 22.1. The molecular weight excluding hydrogens is 949 g/mol. The second-order valence-electron chi connectivity index (χ2n) is 11.8. The van der Waals surface area contributed by atoms with E-state index in [2.05, 4.69) is 35.7 Å². The second-order valence-corrected chi connectivity index (χ2v) is 18.5. The first-order valence-electron chi connectivity index (χ1n) is 15.2. The molecule has 0 radical (unpaired) electrons. The predicted molar refractivity (Wildman–Crippen MR) is 209 cm³/mol. The van der Waals surface area contributed by atoms with Crippen LogP contribution in [0.3, 0.4) is 0 Å². The molecule has 314 valence electrons. The van der Waals surface area contributed by atoms with Crippen molar-refractivity contribution in [2.75, 3.05) is 5.32 Å². The molecule has 5 aromatic carbocycles. The smallest absolute Gasteiger partial charge is 0.295 e. The maximum absolute atomic E-state index is 12.7. The minimum absolute atomic E-state index is 0.349. The van der Waals surface area contributed by atoms with Gasteiger partial charge in [-0.2, -0.15) is 38.7 Å². The van der Waals surface area contributed by atoms with Gasteiger partial charge in [0.05, 0.1) is 15.5 Å². The molecule has 0 saturated heterocycles. The number of rotatable bonds is 10. The van der Waals surface area contributed by atoms with E-state index >= 15 is 0 Å². The van der Waals surface area contributed by atoms with Crippen molar-refractivity contribution in [2.24, 2.45) is 20.5 Å². The summed E-state index contributed by atoms with van der Waals surface area (Å²) in [7, 11) is -20.6. The van der Waals surface area contributed by atoms with E-state index in [1.165, 1.54) is 0 Å². The Balaban J connectivity index is 1.52. The summed E-state index contributed by atoms with van der Waals surface area (Å²) in [6, 6.07) is 6.27. The highest BCUT2D eigenvalue weighted by atomic mass is 35.5. The summed E-state index contributed by atoms with van der Waals surface area (Å²) in [6.45, 7) is 0. The van der Waals surface area contributed by atoms with Gasteiger partial charge in [-0.3, -0.25) is 18.2 Å². The Bertz CT molecular complexity index is 3390. The zero-order valence-electron chi connectivity index (χ0n) is 28.5. The molecule has 0 aliphatic carbocycles. The van der Waals surface area contributed by atoms with Gasteiger partial charge in [-0.1, -0.05) is 23.2 Å². The number of halogens is 3. The zero-order chi connectivity index (χ0) is 44.4. The first kappa shape index (κ1) is 44.0. The van der Waals surface area contributed by atoms with Crippen LogP contribution in [0.2, 0.25) is 15.5 Å². The normalized spacial score (nSPS) is 12.9. The van der Waals surface area contributed by atoms with Crippen molar-refractivity contribution in [2.45, 2.75) is 19.6 Å². The van der Waals surface area contributed by atoms with Crippen LogP contribution < -0.4 is 5.32 Å². The van der Waals surface area contributed by atoms with Crippen molar-refractivity contribution >= 4 is 131 Å². The van der Waals surface area contributed by atoms with Crippen molar-refractivity contribution in [3.05, 3.63) is 70.1 Å². The number of fused-ring (bicyclic) bond motifs is 2. The van der Waals surface area contributed by atoms with Crippen LogP contribution >= 0.6 is 34.8 Å². The Kier molecular flexibility index (Phi) is 11.3. The molecule has 0 aliphatic rings. The highest BCUT2D eigenvalue weighted by Crippen LogP contribution is 2.49. The van der Waals surface area contributed by atoms with Gasteiger partial charge in [-0.25, -0.2) is 4.98 Å². The minimum Gasteiger partial charge on any atom is -0.506 e. The quantitative estimate of drug-likeness (QED) is 0.0217. The van der Waals surface area contributed by atoms with Crippen LogP contribution in [0.15, 0.2) is 94.6 Å². The lowest BCUT2D eigenvalue weighted by molar-refractivity contribution is 0.472. The molecule has 30 heteroatoms. The average Bonchev–Trinajstić information content (AvgIpc) is 3.12. The largest absolute Gasteiger partial charge is 0.506 e. The molecule has 0 saturated carbocycles. The Labute approximate surface area is 349 Å². The number of phenolic OH excluding ortho intramolecular Hbond substituents is 4. The summed E-state index contributed by atoms with van der Waals surface area (Å²) in [6.07, 6.45) is 0. The number of hydrogen-bond acceptors (Lipinski definition) is 19. The second kappa shape index (κ2) is 15.5. The molecule has 0 fully saturated rings. The van der Waals surface area contributed by atoms with E-state index in [1.807, 2.05) is 0 Å². The fourth-order valence-corrected chi connectivity index (χ4v) is 8.31. The van der Waals surface area contributed by atoms with Gasteiger partial charge in [0.2, 0.25) is 5.28 Å². The SMILES string of the molecule is O=S(=O)(O)c1cc(N=Nc2cc(S(=O)(=O)O)c3c(N=Nc4cc(S(=O)(=O)O)c5cc(S(=O)(=O)O)ccc5c4O)c(O)ccc3c2O)c(O)c(Nc2nc(Cl)nc(Cl)c2Cl)c1. The number of benzene rings is 5. The minimum atomic E-state index is -5.41. The van der Waals surface area contributed by atoms with Crippen molar-refractivity contribution in [3.8, 4) is 23.0 Å². The Morgan fingerprint density at radius 3 is 1.65 bits per heavy atom. The average molecular weight is 967 g/mol. The molecule has 6 rings (SSSR count). The Morgan fingerprint density at radius 1 is 0.533 bits per heavy atom. The number of nitrogens with zero attached hydrogens (tertiary/aromatic N) is 6. The van der Waals surface area contributed by atoms with E-state index in [0.717, 1.165) is 24.3 Å². The van der Waals surface area contributed by atoms with E-state index in [4.69, 9.17) is 34.8 Å². The third-order valence-electron chi connectivity index (χ3n) is 7.97. The Morgan fingerprint density at radius 2 is 1.07 bits per heavy atom. The molecular formula is C30H18Cl3N7O16S4. The number of hydrogen-bond donors (Lipinski definition) is 9. The lowest BCUT2D eigenvalue weighted by Gasteiger charge is -2.13. The number of azo groups is 2. The van der Waals surface area contributed by atoms with Gasteiger partial charge < -0.3 is 25.7 Å². The van der Waals surface area contributed by atoms with Crippen LogP contribution in [0.5, 0.6) is 23.0 Å². The van der Waals surface area contributed by atoms with E-state index in [1.54, 1.807) is 0 Å². The van der Waals surface area contributed by atoms with Crippen LogP contribution in [0.4, 0.5) is 34.3 Å². The maximum atomic E-state index is 12.7. The summed E-state index contributed by atoms with van der Waals surface area (Å²) in [4.78, 5) is 3.44. The van der Waals surface area contributed by atoms with Crippen LogP contribution in [0, 0.1) is 0 Å². The summed E-state index contributed by atoms with van der Waals surface area (Å²) in [5.41, 5.74) is -3.77. The fraction of sp³-hybridized carbons (Fsp3) is 0. The molecule has 23 nitrogen and oxygen atoms in total. The van der Waals surface area contributed by atoms with E-state index in [0.29, 0.717) is 30.3 Å². The van der Waals surface area contributed by atoms with Crippen LogP contribution in [-0.4, -0.2) is 82.3 Å². The van der Waals surface area contributed by atoms with Gasteiger partial charge in [-0.15, -0.1) is 20.5 Å². The fourth-order valence-electron chi connectivity index (χ4n) is 5.33. The molecule has 9 N–H and O–H groups in total. The first-order chi connectivity index (χ1) is 27.7. The number of nitrogens with one attached hydrogen (secondary N) is 1. The van der Waals surface area contributed by atoms with E-state index in [9.17, 15) is 72.3 Å². The zero-order valence-corrected chi connectivity index (χ0v) is 34.0. The molecule has 0 unspecified atom stereocenters. The van der Waals surface area contributed by atoms with Crippen LogP contribution in [0.25, 0.3) is 21.5 Å². The molecule has 60 heavy (non-hydrogen) atoms. The maximum Gasteiger partial charge on any atom is 0.295 e. The lowest BCUT2D eigenvalue weighted by atomic mass is 10.1. The van der Waals surface area contributed by atoms with E-state index in [-0.39, 0.29) is 16.0 Å². The van der Waals surface area contributed by atoms with Gasteiger partial charge in [0.25, 0.3) is 40.5 Å². The molecule has 0 bridgehead atoms. The Hall–Kier alpha value is -5.59. The number of anilines is 2. The van der Waals surface area contributed by atoms with Gasteiger partial charge >= 0.3 is 0 Å². The highest BCUT2D eigenvalue weighted by molar-refractivity contribution is 7.86. The molecule has 6 aromatic rings. The third kappa shape index (κ3) is 8.67. The highest BCUT2D eigenvalue weighted by Gasteiger charge is 2.27. The molecule has 1 heterocycles. The molecule has 0 amide bonds. The van der Waals surface area contributed by atoms with Gasteiger partial charge in [0.1, 0.15) is 43.3 Å². The van der Waals surface area contributed by atoms with Crippen LogP contribution in [-0.2, 0) is 40.5 Å². The van der Waals surface area contributed by atoms with Crippen molar-refractivity contribution < 1.29 is 72.3 Å². The molecule has 0 aliphatic heterocycles. The summed E-state index contributed by atoms with van der Waals surface area (Å²) in [5, 5.41) is 57.5. The topological polar surface area (TPSA) is 386 Å². The van der Waals surface area contributed by atoms with Crippen molar-refractivity contribution in [3.63, 3.8) is 0 Å². The number of aromatic nitrogens is 2. The standard InChI is InChI=1S/C30H18Cl3N7O16S4/c31-23-28(32)35-30(33)36-29(23)34-15-6-11(58(48,49)50)7-16(27(15)44)37-38-18-9-21(60(54,55)56)22-13(26(18)43)3-4-19(41)24(22)40-39-17-8-20(59(51,52)53)14-5-10(57(45,46)47)1-2-12(14)25(17)42/h1-9,41-44H,(H,34,35,36)(H,45,46,47)(H,48,49,50)(H,51,52,53)(H,54,55,56). The summed E-state index contributed by atoms with van der Waals surface area (Å²) in [5.74, 6) is -4.04. The van der Waals surface area contributed by atoms with Gasteiger partial charge in [0, 0.05) is 21.5 Å².